The van der Waals surface area contributed by atoms with Crippen molar-refractivity contribution in [3.8, 4) is 11.5 Å². The summed E-state index contributed by atoms with van der Waals surface area (Å²) in [6.45, 7) is 2.07. The van der Waals surface area contributed by atoms with Gasteiger partial charge in [-0.2, -0.15) is 0 Å². The Kier molecular flexibility index (Phi) is 7.81. The number of aliphatic carboxylic acids is 1. The minimum atomic E-state index is -0.804. The van der Waals surface area contributed by atoms with E-state index in [1.165, 1.54) is 0 Å². The molecule has 0 heterocycles. The van der Waals surface area contributed by atoms with E-state index in [9.17, 15) is 15.0 Å². The van der Waals surface area contributed by atoms with Gasteiger partial charge in [-0.1, -0.05) is 13.3 Å². The maximum Gasteiger partial charge on any atom is 0.303 e. The topological polar surface area (TPSA) is 77.8 Å². The second kappa shape index (κ2) is 9.29. The van der Waals surface area contributed by atoms with E-state index < -0.39 is 11.4 Å². The van der Waals surface area contributed by atoms with Crippen LogP contribution in [0.5, 0.6) is 11.5 Å². The summed E-state index contributed by atoms with van der Waals surface area (Å²) in [5.74, 6) is -0.554. The molecule has 8 heteroatoms. The quantitative estimate of drug-likeness (QED) is 0.286. The molecular weight excluding hydrogens is 612 g/mol. The van der Waals surface area contributed by atoms with E-state index in [1.807, 2.05) is 24.3 Å². The standard InChI is InChI=1S/C19H18Br4O4/c1-19(5-3-2-4-16(24)25,10-6-12(20)17(26)13(21)7-10)11-8-14(22)18(27)15(23)9-11/h6-9,26-27H,2-5H2,1H3,(H,24,25). The molecule has 4 nitrogen and oxygen atoms in total. The van der Waals surface area contributed by atoms with Gasteiger partial charge in [-0.05, 0) is 112 Å². The fraction of sp³-hybridized carbons (Fsp3) is 0.316. The van der Waals surface area contributed by atoms with Crippen LogP contribution < -0.4 is 0 Å². The Balaban J connectivity index is 2.53. The van der Waals surface area contributed by atoms with Crippen molar-refractivity contribution in [2.45, 2.75) is 38.0 Å². The first kappa shape index (κ1) is 22.7. The van der Waals surface area contributed by atoms with Crippen LogP contribution in [0.15, 0.2) is 42.2 Å². The molecule has 0 amide bonds. The number of aromatic hydroxyl groups is 2. The highest BCUT2D eigenvalue weighted by Gasteiger charge is 2.31. The molecule has 0 aliphatic carbocycles. The molecular formula is C19H18Br4O4. The number of rotatable bonds is 7. The molecule has 2 rings (SSSR count). The lowest BCUT2D eigenvalue weighted by Gasteiger charge is -2.32. The summed E-state index contributed by atoms with van der Waals surface area (Å²) in [5.41, 5.74) is 1.45. The van der Waals surface area contributed by atoms with Crippen LogP contribution in [0, 0.1) is 0 Å². The van der Waals surface area contributed by atoms with Crippen LogP contribution in [0.25, 0.3) is 0 Å². The van der Waals surface area contributed by atoms with Gasteiger partial charge in [-0.3, -0.25) is 4.79 Å². The van der Waals surface area contributed by atoms with Gasteiger partial charge in [0.25, 0.3) is 0 Å². The SMILES string of the molecule is CC(CCCCC(=O)O)(c1cc(Br)c(O)c(Br)c1)c1cc(Br)c(O)c(Br)c1. The monoisotopic (exact) mass is 626 g/mol. The fourth-order valence-electron chi connectivity index (χ4n) is 2.98. The second-order valence-corrected chi connectivity index (χ2v) is 9.93. The van der Waals surface area contributed by atoms with E-state index in [0.717, 1.165) is 17.5 Å². The first-order valence-corrected chi connectivity index (χ1v) is 11.3. The number of carbonyl (C=O) groups is 1. The highest BCUT2D eigenvalue weighted by Crippen LogP contribution is 2.45. The average Bonchev–Trinajstić information content (AvgIpc) is 2.60. The van der Waals surface area contributed by atoms with E-state index in [1.54, 1.807) is 0 Å². The zero-order valence-corrected chi connectivity index (χ0v) is 20.7. The Morgan fingerprint density at radius 1 is 0.852 bits per heavy atom. The molecule has 146 valence electrons. The lowest BCUT2D eigenvalue weighted by Crippen LogP contribution is -2.24. The largest absolute Gasteiger partial charge is 0.506 e. The zero-order valence-electron chi connectivity index (χ0n) is 14.4. The van der Waals surface area contributed by atoms with Crippen molar-refractivity contribution in [3.63, 3.8) is 0 Å². The van der Waals surface area contributed by atoms with E-state index in [-0.39, 0.29) is 17.9 Å². The predicted octanol–water partition coefficient (Wildman–Crippen LogP) is 7.10. The minimum Gasteiger partial charge on any atom is -0.506 e. The summed E-state index contributed by atoms with van der Waals surface area (Å²) in [5, 5.41) is 29.0. The molecule has 0 spiro atoms. The number of phenols is 2. The van der Waals surface area contributed by atoms with Gasteiger partial charge in [0.15, 0.2) is 0 Å². The van der Waals surface area contributed by atoms with Crippen molar-refractivity contribution in [2.24, 2.45) is 0 Å². The maximum absolute atomic E-state index is 10.8. The van der Waals surface area contributed by atoms with Crippen LogP contribution in [-0.4, -0.2) is 21.3 Å². The molecule has 2 aromatic rings. The third-order valence-corrected chi connectivity index (χ3v) is 7.04. The molecule has 0 saturated heterocycles. The molecule has 0 atom stereocenters. The molecule has 0 aliphatic heterocycles. The normalized spacial score (nSPS) is 11.6. The van der Waals surface area contributed by atoms with Crippen LogP contribution in [0.3, 0.4) is 0 Å². The minimum absolute atomic E-state index is 0.125. The molecule has 2 aromatic carbocycles. The Morgan fingerprint density at radius 2 is 1.22 bits per heavy atom. The van der Waals surface area contributed by atoms with Crippen molar-refractivity contribution in [1.29, 1.82) is 0 Å². The molecule has 0 bridgehead atoms. The van der Waals surface area contributed by atoms with E-state index in [2.05, 4.69) is 70.6 Å². The second-order valence-electron chi connectivity index (χ2n) is 6.51. The molecule has 0 saturated carbocycles. The Labute approximate surface area is 191 Å². The number of halogens is 4. The maximum atomic E-state index is 10.8. The number of carboxylic acid groups (broad SMARTS) is 1. The summed E-state index contributed by atoms with van der Waals surface area (Å²) >= 11 is 13.5. The van der Waals surface area contributed by atoms with Crippen molar-refractivity contribution in [1.82, 2.24) is 0 Å². The van der Waals surface area contributed by atoms with Crippen LogP contribution in [-0.2, 0) is 10.2 Å². The zero-order chi connectivity index (χ0) is 20.4. The number of hydrogen-bond acceptors (Lipinski definition) is 3. The Hall–Kier alpha value is -0.570. The van der Waals surface area contributed by atoms with Crippen molar-refractivity contribution >= 4 is 69.7 Å². The van der Waals surface area contributed by atoms with Crippen molar-refractivity contribution in [2.75, 3.05) is 0 Å². The fourth-order valence-corrected chi connectivity index (χ4v) is 5.35. The van der Waals surface area contributed by atoms with Gasteiger partial charge in [-0.15, -0.1) is 0 Å². The lowest BCUT2D eigenvalue weighted by molar-refractivity contribution is -0.137. The average molecular weight is 630 g/mol. The van der Waals surface area contributed by atoms with Crippen LogP contribution in [0.1, 0.15) is 43.7 Å². The van der Waals surface area contributed by atoms with Gasteiger partial charge in [0, 0.05) is 11.8 Å². The number of phenolic OH excluding ortho intramolecular Hbond substituents is 2. The van der Waals surface area contributed by atoms with Crippen LogP contribution in [0.2, 0.25) is 0 Å². The highest BCUT2D eigenvalue weighted by molar-refractivity contribution is 9.11. The first-order valence-electron chi connectivity index (χ1n) is 8.15. The molecule has 0 aliphatic rings. The van der Waals surface area contributed by atoms with Crippen LogP contribution >= 0.6 is 63.7 Å². The number of unbranched alkanes of at least 4 members (excludes halogenated alkanes) is 1. The van der Waals surface area contributed by atoms with E-state index in [0.29, 0.717) is 30.7 Å². The summed E-state index contributed by atoms with van der Waals surface area (Å²) in [4.78, 5) is 10.8. The Morgan fingerprint density at radius 3 is 1.56 bits per heavy atom. The third-order valence-electron chi connectivity index (χ3n) is 4.63. The van der Waals surface area contributed by atoms with E-state index >= 15 is 0 Å². The van der Waals surface area contributed by atoms with Gasteiger partial charge in [0.1, 0.15) is 11.5 Å². The predicted molar refractivity (Wildman–Crippen MR) is 120 cm³/mol. The smallest absolute Gasteiger partial charge is 0.303 e. The summed E-state index contributed by atoms with van der Waals surface area (Å²) in [6.07, 6.45) is 2.12. The van der Waals surface area contributed by atoms with Crippen molar-refractivity contribution in [3.05, 3.63) is 53.3 Å². The Bertz CT molecular complexity index is 763. The first-order chi connectivity index (χ1) is 12.6. The number of carboxylic acids is 1. The van der Waals surface area contributed by atoms with Crippen molar-refractivity contribution < 1.29 is 20.1 Å². The number of hydrogen-bond donors (Lipinski definition) is 3. The van der Waals surface area contributed by atoms with Crippen LogP contribution in [0.4, 0.5) is 0 Å². The summed E-state index contributed by atoms with van der Waals surface area (Å²) in [7, 11) is 0. The van der Waals surface area contributed by atoms with Gasteiger partial charge in [0.05, 0.1) is 17.9 Å². The van der Waals surface area contributed by atoms with Gasteiger partial charge < -0.3 is 15.3 Å². The molecule has 0 unspecified atom stereocenters. The summed E-state index contributed by atoms with van der Waals surface area (Å²) in [6, 6.07) is 7.47. The third kappa shape index (κ3) is 5.28. The number of benzene rings is 2. The van der Waals surface area contributed by atoms with Gasteiger partial charge >= 0.3 is 5.97 Å². The molecule has 0 fully saturated rings. The van der Waals surface area contributed by atoms with Gasteiger partial charge in [-0.25, -0.2) is 0 Å². The van der Waals surface area contributed by atoms with E-state index in [4.69, 9.17) is 5.11 Å². The molecule has 27 heavy (non-hydrogen) atoms. The molecule has 0 radical (unpaired) electrons. The molecule has 0 aromatic heterocycles. The highest BCUT2D eigenvalue weighted by atomic mass is 79.9. The van der Waals surface area contributed by atoms with Gasteiger partial charge in [0.2, 0.25) is 0 Å². The lowest BCUT2D eigenvalue weighted by atomic mass is 9.72. The molecule has 3 N–H and O–H groups in total. The summed E-state index contributed by atoms with van der Waals surface area (Å²) < 4.78 is 2.28.